The molecule has 6 aromatic rings. The van der Waals surface area contributed by atoms with Crippen LogP contribution < -0.4 is 4.90 Å². The maximum atomic E-state index is 6.28. The number of benzene rings is 4. The Hall–Kier alpha value is -4.76. The lowest BCUT2D eigenvalue weighted by Gasteiger charge is -2.26. The summed E-state index contributed by atoms with van der Waals surface area (Å²) in [6, 6.07) is 32.7. The zero-order chi connectivity index (χ0) is 25.8. The average Bonchev–Trinajstić information content (AvgIpc) is 3.54. The Labute approximate surface area is 227 Å². The zero-order valence-electron chi connectivity index (χ0n) is 21.6. The molecule has 0 aliphatic heterocycles. The van der Waals surface area contributed by atoms with Crippen molar-refractivity contribution < 1.29 is 4.42 Å². The van der Waals surface area contributed by atoms with Gasteiger partial charge < -0.3 is 13.9 Å². The first-order valence-corrected chi connectivity index (χ1v) is 13.8. The van der Waals surface area contributed by atoms with E-state index in [1.54, 1.807) is 0 Å². The van der Waals surface area contributed by atoms with Crippen molar-refractivity contribution >= 4 is 56.0 Å². The number of hydrogen-bond acceptors (Lipinski definition) is 2. The van der Waals surface area contributed by atoms with Crippen LogP contribution in [0.4, 0.5) is 17.1 Å². The van der Waals surface area contributed by atoms with Crippen LogP contribution in [-0.2, 0) is 6.42 Å². The first-order chi connectivity index (χ1) is 19.4. The third kappa shape index (κ3) is 3.50. The number of fused-ring (bicyclic) bond motifs is 6. The molecule has 1 atom stereocenters. The lowest BCUT2D eigenvalue weighted by molar-refractivity contribution is 0.621. The zero-order valence-corrected chi connectivity index (χ0v) is 21.6. The van der Waals surface area contributed by atoms with Crippen molar-refractivity contribution in [3.63, 3.8) is 0 Å². The van der Waals surface area contributed by atoms with E-state index < -0.39 is 0 Å². The summed E-state index contributed by atoms with van der Waals surface area (Å²) in [5, 5.41) is 3.62. The molecule has 2 aliphatic rings. The maximum Gasteiger partial charge on any atom is 0.137 e. The highest BCUT2D eigenvalue weighted by atomic mass is 16.3. The number of nitrogens with zero attached hydrogens (tertiary/aromatic N) is 2. The molecule has 0 fully saturated rings. The van der Waals surface area contributed by atoms with E-state index >= 15 is 0 Å². The summed E-state index contributed by atoms with van der Waals surface area (Å²) < 4.78 is 8.82. The van der Waals surface area contributed by atoms with Crippen molar-refractivity contribution in [2.45, 2.75) is 25.3 Å². The Morgan fingerprint density at radius 1 is 0.744 bits per heavy atom. The van der Waals surface area contributed by atoms with Gasteiger partial charge in [0.2, 0.25) is 0 Å². The molecule has 0 amide bonds. The molecule has 2 heterocycles. The van der Waals surface area contributed by atoms with E-state index in [1.807, 2.05) is 6.07 Å². The summed E-state index contributed by atoms with van der Waals surface area (Å²) in [4.78, 5) is 2.38. The van der Waals surface area contributed by atoms with E-state index in [0.29, 0.717) is 6.04 Å². The number of aryl methyl sites for hydroxylation is 1. The van der Waals surface area contributed by atoms with Gasteiger partial charge in [-0.3, -0.25) is 0 Å². The largest absolute Gasteiger partial charge is 0.456 e. The summed E-state index contributed by atoms with van der Waals surface area (Å²) in [7, 11) is 0. The number of hydrogen-bond donors (Lipinski definition) is 0. The van der Waals surface area contributed by atoms with Gasteiger partial charge in [0.25, 0.3) is 0 Å². The Bertz CT molecular complexity index is 1950. The quantitative estimate of drug-likeness (QED) is 0.238. The van der Waals surface area contributed by atoms with Gasteiger partial charge >= 0.3 is 0 Å². The minimum absolute atomic E-state index is 0.339. The summed E-state index contributed by atoms with van der Waals surface area (Å²) in [5.41, 5.74) is 9.34. The highest BCUT2D eigenvalue weighted by Crippen LogP contribution is 2.45. The molecule has 3 nitrogen and oxygen atoms in total. The second-order valence-corrected chi connectivity index (χ2v) is 10.4. The fraction of sp³-hybridized carbons (Fsp3) is 0.111. The minimum atomic E-state index is 0.339. The van der Waals surface area contributed by atoms with Crippen LogP contribution in [0.3, 0.4) is 0 Å². The SMILES string of the molecule is C1=CCC(n2c3c(c4cc(N(c5ccccc5)c5cccc6oc7ccccc7c56)ccc42)CCC=C3)C=C1. The number of allylic oxidation sites excluding steroid dienone is 5. The van der Waals surface area contributed by atoms with Crippen LogP contribution in [0.25, 0.3) is 38.9 Å². The molecule has 0 N–H and O–H groups in total. The lowest BCUT2D eigenvalue weighted by Crippen LogP contribution is -2.11. The number of aromatic nitrogens is 1. The Balaban J connectivity index is 1.39. The molecule has 2 aromatic heterocycles. The van der Waals surface area contributed by atoms with Gasteiger partial charge in [-0.2, -0.15) is 0 Å². The van der Waals surface area contributed by atoms with Gasteiger partial charge in [-0.15, -0.1) is 0 Å². The third-order valence-corrected chi connectivity index (χ3v) is 8.15. The van der Waals surface area contributed by atoms with E-state index in [2.05, 4.69) is 131 Å². The van der Waals surface area contributed by atoms with Crippen LogP contribution in [0.2, 0.25) is 0 Å². The topological polar surface area (TPSA) is 21.3 Å². The van der Waals surface area contributed by atoms with E-state index in [1.165, 1.54) is 22.2 Å². The smallest absolute Gasteiger partial charge is 0.137 e. The highest BCUT2D eigenvalue weighted by Gasteiger charge is 2.24. The number of para-hydroxylation sites is 2. The van der Waals surface area contributed by atoms with Crippen LogP contribution in [0.1, 0.15) is 30.1 Å². The number of furan rings is 1. The van der Waals surface area contributed by atoms with E-state index in [-0.39, 0.29) is 0 Å². The van der Waals surface area contributed by atoms with Crippen LogP contribution in [0.15, 0.2) is 126 Å². The van der Waals surface area contributed by atoms with E-state index in [0.717, 1.165) is 58.3 Å². The lowest BCUT2D eigenvalue weighted by atomic mass is 10.00. The van der Waals surface area contributed by atoms with Crippen molar-refractivity contribution in [3.8, 4) is 0 Å². The monoisotopic (exact) mass is 504 g/mol. The second-order valence-electron chi connectivity index (χ2n) is 10.4. The Morgan fingerprint density at radius 3 is 2.51 bits per heavy atom. The van der Waals surface area contributed by atoms with Crippen molar-refractivity contribution in [2.24, 2.45) is 0 Å². The second kappa shape index (κ2) is 8.92. The fourth-order valence-corrected chi connectivity index (χ4v) is 6.46. The van der Waals surface area contributed by atoms with Crippen molar-refractivity contribution in [1.82, 2.24) is 4.57 Å². The van der Waals surface area contributed by atoms with Gasteiger partial charge in [0.05, 0.1) is 17.1 Å². The van der Waals surface area contributed by atoms with Crippen LogP contribution in [-0.4, -0.2) is 4.57 Å². The first kappa shape index (κ1) is 22.2. The molecule has 0 saturated carbocycles. The predicted molar refractivity (Wildman–Crippen MR) is 163 cm³/mol. The Morgan fingerprint density at radius 2 is 1.62 bits per heavy atom. The van der Waals surface area contributed by atoms with Crippen LogP contribution in [0.5, 0.6) is 0 Å². The Kier molecular flexibility index (Phi) is 5.09. The predicted octanol–water partition coefficient (Wildman–Crippen LogP) is 10.0. The van der Waals surface area contributed by atoms with Crippen molar-refractivity contribution in [2.75, 3.05) is 4.90 Å². The summed E-state index contributed by atoms with van der Waals surface area (Å²) in [6.07, 6.45) is 16.8. The summed E-state index contributed by atoms with van der Waals surface area (Å²) in [6.45, 7) is 0. The maximum absolute atomic E-state index is 6.28. The van der Waals surface area contributed by atoms with Gasteiger partial charge in [0, 0.05) is 33.4 Å². The highest BCUT2D eigenvalue weighted by molar-refractivity contribution is 6.13. The molecular formula is C36H28N2O. The number of anilines is 3. The van der Waals surface area contributed by atoms with Gasteiger partial charge in [0.1, 0.15) is 11.2 Å². The molecule has 0 spiro atoms. The molecule has 8 rings (SSSR count). The van der Waals surface area contributed by atoms with Gasteiger partial charge in [-0.05, 0) is 79.4 Å². The molecule has 188 valence electrons. The molecule has 39 heavy (non-hydrogen) atoms. The van der Waals surface area contributed by atoms with Gasteiger partial charge in [-0.1, -0.05) is 72.8 Å². The molecule has 0 saturated heterocycles. The summed E-state index contributed by atoms with van der Waals surface area (Å²) >= 11 is 0. The van der Waals surface area contributed by atoms with E-state index in [9.17, 15) is 0 Å². The average molecular weight is 505 g/mol. The minimum Gasteiger partial charge on any atom is -0.456 e. The summed E-state index contributed by atoms with van der Waals surface area (Å²) in [5.74, 6) is 0. The standard InChI is InChI=1S/C36H28N2O/c1-3-12-25(13-4-1)37(33-19-11-21-35-36(33)29-17-8-10-20-34(29)39-35)27-22-23-32-30(24-27)28-16-7-9-18-31(28)38(32)26-14-5-2-6-15-26/h1-6,8-14,17-24,26H,7,15-16H2. The van der Waals surface area contributed by atoms with Crippen LogP contribution >= 0.6 is 0 Å². The fourth-order valence-electron chi connectivity index (χ4n) is 6.46. The molecule has 1 unspecified atom stereocenters. The van der Waals surface area contributed by atoms with Gasteiger partial charge in [-0.25, -0.2) is 0 Å². The normalized spacial score (nSPS) is 16.4. The molecule has 4 aromatic carbocycles. The van der Waals surface area contributed by atoms with Gasteiger partial charge in [0.15, 0.2) is 0 Å². The van der Waals surface area contributed by atoms with Crippen LogP contribution in [0, 0.1) is 0 Å². The third-order valence-electron chi connectivity index (χ3n) is 8.15. The molecular weight excluding hydrogens is 476 g/mol. The van der Waals surface area contributed by atoms with Crippen molar-refractivity contribution in [3.05, 3.63) is 133 Å². The molecule has 0 bridgehead atoms. The van der Waals surface area contributed by atoms with Crippen molar-refractivity contribution in [1.29, 1.82) is 0 Å². The first-order valence-electron chi connectivity index (χ1n) is 13.8. The number of rotatable bonds is 4. The van der Waals surface area contributed by atoms with E-state index in [4.69, 9.17) is 4.42 Å². The molecule has 3 heteroatoms. The molecule has 2 aliphatic carbocycles. The molecule has 0 radical (unpaired) electrons.